The Kier molecular flexibility index (Phi) is 3.88. The summed E-state index contributed by atoms with van der Waals surface area (Å²) >= 11 is 0. The number of ether oxygens (including phenoxy) is 1. The minimum Gasteiger partial charge on any atom is -0.433 e. The summed E-state index contributed by atoms with van der Waals surface area (Å²) in [4.78, 5) is 11.0. The van der Waals surface area contributed by atoms with Crippen molar-refractivity contribution in [3.8, 4) is 5.75 Å². The molecule has 8 heteroatoms. The minimum absolute atomic E-state index is 0.00977. The van der Waals surface area contributed by atoms with Crippen LogP contribution in [0.2, 0.25) is 0 Å². The third kappa shape index (κ3) is 3.14. The molecule has 1 rings (SSSR count). The quantitative estimate of drug-likeness (QED) is 0.620. The Morgan fingerprint density at radius 2 is 1.83 bits per heavy atom. The highest BCUT2D eigenvalue weighted by Crippen LogP contribution is 2.39. The first kappa shape index (κ1) is 14.3. The van der Waals surface area contributed by atoms with Crippen molar-refractivity contribution < 1.29 is 35.9 Å². The van der Waals surface area contributed by atoms with Crippen LogP contribution in [0.3, 0.4) is 0 Å². The summed E-state index contributed by atoms with van der Waals surface area (Å²) in [7, 11) is 0. The van der Waals surface area contributed by atoms with Crippen LogP contribution in [0.15, 0.2) is 12.1 Å². The SMILES string of the molecule is CC(=O)c1cc(F)cc(C(F)(F)F)c1OC(F)F. The van der Waals surface area contributed by atoms with Crippen molar-refractivity contribution in [2.45, 2.75) is 19.7 Å². The number of hydrogen-bond acceptors (Lipinski definition) is 2. The van der Waals surface area contributed by atoms with Crippen LogP contribution in [0.5, 0.6) is 5.75 Å². The van der Waals surface area contributed by atoms with Crippen molar-refractivity contribution in [2.75, 3.05) is 0 Å². The number of Topliss-reactive ketones (excluding diaryl/α,β-unsaturated/α-hetero) is 1. The second-order valence-corrected chi connectivity index (χ2v) is 3.26. The molecule has 0 aromatic heterocycles. The van der Waals surface area contributed by atoms with Gasteiger partial charge in [-0.1, -0.05) is 0 Å². The van der Waals surface area contributed by atoms with Gasteiger partial charge in [-0.3, -0.25) is 4.79 Å². The normalized spacial score (nSPS) is 11.8. The van der Waals surface area contributed by atoms with E-state index in [1.54, 1.807) is 0 Å². The number of benzene rings is 1. The van der Waals surface area contributed by atoms with Crippen LogP contribution in [0.1, 0.15) is 22.8 Å². The highest BCUT2D eigenvalue weighted by Gasteiger charge is 2.37. The van der Waals surface area contributed by atoms with Gasteiger partial charge >= 0.3 is 12.8 Å². The molecule has 0 saturated heterocycles. The summed E-state index contributed by atoms with van der Waals surface area (Å²) in [5, 5.41) is 0. The maximum Gasteiger partial charge on any atom is 0.420 e. The molecule has 0 aliphatic rings. The first-order chi connectivity index (χ1) is 8.12. The van der Waals surface area contributed by atoms with E-state index in [0.29, 0.717) is 6.07 Å². The minimum atomic E-state index is -5.11. The summed E-state index contributed by atoms with van der Waals surface area (Å²) in [6.45, 7) is -2.75. The van der Waals surface area contributed by atoms with Crippen LogP contribution < -0.4 is 4.74 Å². The van der Waals surface area contributed by atoms with Crippen LogP contribution in [-0.2, 0) is 6.18 Å². The maximum absolute atomic E-state index is 12.9. The zero-order valence-corrected chi connectivity index (χ0v) is 8.82. The van der Waals surface area contributed by atoms with Crippen LogP contribution >= 0.6 is 0 Å². The molecular formula is C10H6F6O2. The Morgan fingerprint density at radius 3 is 2.22 bits per heavy atom. The van der Waals surface area contributed by atoms with Crippen LogP contribution in [0.25, 0.3) is 0 Å². The van der Waals surface area contributed by atoms with E-state index < -0.39 is 41.3 Å². The summed E-state index contributed by atoms with van der Waals surface area (Å²) in [6, 6.07) is 0.402. The van der Waals surface area contributed by atoms with Gasteiger partial charge in [0.05, 0.1) is 5.56 Å². The van der Waals surface area contributed by atoms with Crippen LogP contribution in [-0.4, -0.2) is 12.4 Å². The van der Waals surface area contributed by atoms with E-state index >= 15 is 0 Å². The van der Waals surface area contributed by atoms with Gasteiger partial charge in [0.15, 0.2) is 5.78 Å². The van der Waals surface area contributed by atoms with Crippen molar-refractivity contribution >= 4 is 5.78 Å². The largest absolute Gasteiger partial charge is 0.433 e. The van der Waals surface area contributed by atoms with E-state index in [1.807, 2.05) is 0 Å². The lowest BCUT2D eigenvalue weighted by Gasteiger charge is -2.16. The molecule has 0 bridgehead atoms. The molecule has 0 N–H and O–H groups in total. The molecule has 0 radical (unpaired) electrons. The fourth-order valence-corrected chi connectivity index (χ4v) is 1.28. The second kappa shape index (κ2) is 4.87. The first-order valence-electron chi connectivity index (χ1n) is 4.49. The van der Waals surface area contributed by atoms with Crippen molar-refractivity contribution in [3.63, 3.8) is 0 Å². The fraction of sp³-hybridized carbons (Fsp3) is 0.300. The fourth-order valence-electron chi connectivity index (χ4n) is 1.28. The third-order valence-corrected chi connectivity index (χ3v) is 1.95. The molecule has 0 aliphatic carbocycles. The molecule has 0 atom stereocenters. The third-order valence-electron chi connectivity index (χ3n) is 1.95. The van der Waals surface area contributed by atoms with E-state index in [-0.39, 0.29) is 6.07 Å². The number of alkyl halides is 5. The predicted octanol–water partition coefficient (Wildman–Crippen LogP) is 3.65. The number of halogens is 6. The van der Waals surface area contributed by atoms with Gasteiger partial charge in [-0.25, -0.2) is 4.39 Å². The molecule has 0 unspecified atom stereocenters. The van der Waals surface area contributed by atoms with E-state index in [1.165, 1.54) is 0 Å². The highest BCUT2D eigenvalue weighted by molar-refractivity contribution is 5.97. The van der Waals surface area contributed by atoms with Crippen molar-refractivity contribution in [1.82, 2.24) is 0 Å². The summed E-state index contributed by atoms with van der Waals surface area (Å²) in [5.74, 6) is -3.75. The first-order valence-corrected chi connectivity index (χ1v) is 4.49. The maximum atomic E-state index is 12.9. The molecule has 100 valence electrons. The van der Waals surface area contributed by atoms with Gasteiger partial charge in [-0.05, 0) is 19.1 Å². The van der Waals surface area contributed by atoms with Gasteiger partial charge < -0.3 is 4.74 Å². The van der Waals surface area contributed by atoms with Crippen molar-refractivity contribution in [3.05, 3.63) is 29.1 Å². The molecule has 18 heavy (non-hydrogen) atoms. The summed E-state index contributed by atoms with van der Waals surface area (Å²) in [5.41, 5.74) is -2.64. The van der Waals surface area contributed by atoms with Crippen LogP contribution in [0, 0.1) is 5.82 Å². The molecule has 0 fully saturated rings. The van der Waals surface area contributed by atoms with E-state index in [4.69, 9.17) is 0 Å². The standard InChI is InChI=1S/C10H6F6O2/c1-4(17)6-2-5(11)3-7(10(14,15)16)8(6)18-9(12)13/h2-3,9H,1H3. The van der Waals surface area contributed by atoms with Gasteiger partial charge in [0.1, 0.15) is 17.1 Å². The van der Waals surface area contributed by atoms with Crippen molar-refractivity contribution in [2.24, 2.45) is 0 Å². The lowest BCUT2D eigenvalue weighted by Crippen LogP contribution is -2.15. The zero-order valence-electron chi connectivity index (χ0n) is 8.82. The molecule has 1 aromatic rings. The van der Waals surface area contributed by atoms with E-state index in [9.17, 15) is 31.1 Å². The molecule has 0 spiro atoms. The molecule has 0 aliphatic heterocycles. The van der Waals surface area contributed by atoms with Crippen LogP contribution in [0.4, 0.5) is 26.3 Å². The Labute approximate surface area is 97.2 Å². The Bertz CT molecular complexity index is 466. The number of carbonyl (C=O) groups is 1. The average Bonchev–Trinajstić information content (AvgIpc) is 2.17. The number of carbonyl (C=O) groups excluding carboxylic acids is 1. The van der Waals surface area contributed by atoms with Gasteiger partial charge in [-0.2, -0.15) is 22.0 Å². The molecule has 0 amide bonds. The van der Waals surface area contributed by atoms with Gasteiger partial charge in [0.2, 0.25) is 0 Å². The smallest absolute Gasteiger partial charge is 0.420 e. The van der Waals surface area contributed by atoms with Gasteiger partial charge in [0, 0.05) is 0 Å². The molecule has 0 heterocycles. The lowest BCUT2D eigenvalue weighted by molar-refractivity contribution is -0.142. The molecular weight excluding hydrogens is 266 g/mol. The van der Waals surface area contributed by atoms with E-state index in [2.05, 4.69) is 4.74 Å². The summed E-state index contributed by atoms with van der Waals surface area (Å²) in [6.07, 6.45) is -5.11. The predicted molar refractivity (Wildman–Crippen MR) is 48.0 cm³/mol. The molecule has 2 nitrogen and oxygen atoms in total. The number of ketones is 1. The highest BCUT2D eigenvalue weighted by atomic mass is 19.4. The lowest BCUT2D eigenvalue weighted by atomic mass is 10.0. The van der Waals surface area contributed by atoms with Gasteiger partial charge in [-0.15, -0.1) is 0 Å². The second-order valence-electron chi connectivity index (χ2n) is 3.26. The van der Waals surface area contributed by atoms with Gasteiger partial charge in [0.25, 0.3) is 0 Å². The number of hydrogen-bond donors (Lipinski definition) is 0. The average molecular weight is 272 g/mol. The van der Waals surface area contributed by atoms with E-state index in [0.717, 1.165) is 6.92 Å². The Hall–Kier alpha value is -1.73. The topological polar surface area (TPSA) is 26.3 Å². The Morgan fingerprint density at radius 1 is 1.28 bits per heavy atom. The molecule has 1 aromatic carbocycles. The number of rotatable bonds is 3. The Balaban J connectivity index is 3.53. The monoisotopic (exact) mass is 272 g/mol. The zero-order chi connectivity index (χ0) is 14.1. The van der Waals surface area contributed by atoms with Crippen molar-refractivity contribution in [1.29, 1.82) is 0 Å². The molecule has 0 saturated carbocycles. The summed E-state index contributed by atoms with van der Waals surface area (Å²) < 4.78 is 78.3.